The van der Waals surface area contributed by atoms with Gasteiger partial charge in [0.15, 0.2) is 0 Å². The number of carboxylic acids is 1. The van der Waals surface area contributed by atoms with Gasteiger partial charge in [0, 0.05) is 0 Å². The third-order valence-electron chi connectivity index (χ3n) is 2.28. The van der Waals surface area contributed by atoms with Gasteiger partial charge in [-0.2, -0.15) is 0 Å². The number of carboxylic acid groups (broad SMARTS) is 1. The summed E-state index contributed by atoms with van der Waals surface area (Å²) in [5, 5.41) is 7.84. The van der Waals surface area contributed by atoms with Gasteiger partial charge in [0.2, 0.25) is 0 Å². The molecule has 0 aromatic rings. The molecular weight excluding hydrogens is 164 g/mol. The topological polar surface area (TPSA) is 37.3 Å². The molecule has 0 heterocycles. The Labute approximate surface area is 71.5 Å². The first-order chi connectivity index (χ1) is 5.20. The summed E-state index contributed by atoms with van der Waals surface area (Å²) in [6, 6.07) is 0. The number of rotatable bonds is 3. The molecule has 1 fully saturated rings. The Morgan fingerprint density at radius 1 is 1.55 bits per heavy atom. The van der Waals surface area contributed by atoms with E-state index in [2.05, 4.69) is 0 Å². The fourth-order valence-corrected chi connectivity index (χ4v) is 1.89. The Hall–Kier alpha value is -0.240. The summed E-state index contributed by atoms with van der Waals surface area (Å²) < 4.78 is 0. The fraction of sp³-hybridized carbons (Fsp3) is 0.875. The van der Waals surface area contributed by atoms with E-state index in [9.17, 15) is 4.79 Å². The molecule has 1 rings (SSSR count). The lowest BCUT2D eigenvalue weighted by Gasteiger charge is -2.09. The van der Waals surface area contributed by atoms with E-state index in [0.717, 1.165) is 12.8 Å². The number of aliphatic carboxylic acids is 1. The zero-order valence-electron chi connectivity index (χ0n) is 6.42. The van der Waals surface area contributed by atoms with Gasteiger partial charge in [-0.25, -0.2) is 0 Å². The Bertz CT molecular complexity index is 141. The molecule has 0 unspecified atom stereocenters. The Balaban J connectivity index is 2.23. The molecule has 1 saturated carbocycles. The van der Waals surface area contributed by atoms with Crippen LogP contribution in [0.5, 0.6) is 0 Å². The van der Waals surface area contributed by atoms with E-state index in [1.165, 1.54) is 12.8 Å². The maximum atomic E-state index is 10.4. The van der Waals surface area contributed by atoms with Crippen molar-refractivity contribution in [2.75, 3.05) is 0 Å². The normalized spacial score (nSPS) is 21.9. The second-order valence-corrected chi connectivity index (χ2v) is 3.72. The maximum Gasteiger partial charge on any atom is 0.321 e. The highest BCUT2D eigenvalue weighted by molar-refractivity contribution is 6.29. The summed E-state index contributed by atoms with van der Waals surface area (Å²) in [6.45, 7) is 0. The molecule has 0 bridgehead atoms. The van der Waals surface area contributed by atoms with Crippen LogP contribution in [0.1, 0.15) is 32.1 Å². The van der Waals surface area contributed by atoms with Crippen molar-refractivity contribution in [3.05, 3.63) is 0 Å². The van der Waals surface area contributed by atoms with Crippen molar-refractivity contribution < 1.29 is 9.90 Å². The fourth-order valence-electron chi connectivity index (χ4n) is 1.64. The van der Waals surface area contributed by atoms with Crippen LogP contribution in [0, 0.1) is 5.92 Å². The molecule has 0 saturated heterocycles. The predicted molar refractivity (Wildman–Crippen MR) is 43.9 cm³/mol. The molecule has 0 amide bonds. The van der Waals surface area contributed by atoms with Crippen LogP contribution in [0.3, 0.4) is 0 Å². The monoisotopic (exact) mass is 176 g/mol. The molecule has 1 atom stereocenters. The standard InChI is InChI=1S/C8H13ClO2/c9-7(8(10)11)5-6-3-1-2-4-6/h6-7H,1-5H2,(H,10,11)/t7-/m1/s1. The summed E-state index contributed by atoms with van der Waals surface area (Å²) in [5.74, 6) is -0.313. The van der Waals surface area contributed by atoms with Gasteiger partial charge in [0.25, 0.3) is 0 Å². The Morgan fingerprint density at radius 3 is 2.55 bits per heavy atom. The lowest BCUT2D eigenvalue weighted by atomic mass is 10.0. The van der Waals surface area contributed by atoms with Crippen molar-refractivity contribution in [2.24, 2.45) is 5.92 Å². The van der Waals surface area contributed by atoms with Crippen molar-refractivity contribution in [1.29, 1.82) is 0 Å². The average Bonchev–Trinajstić information content (AvgIpc) is 2.39. The summed E-state index contributed by atoms with van der Waals surface area (Å²) in [5.41, 5.74) is 0. The molecule has 2 nitrogen and oxygen atoms in total. The number of carbonyl (C=O) groups is 1. The smallest absolute Gasteiger partial charge is 0.321 e. The highest BCUT2D eigenvalue weighted by Crippen LogP contribution is 2.29. The van der Waals surface area contributed by atoms with Crippen LogP contribution in [-0.2, 0) is 4.79 Å². The number of halogens is 1. The third-order valence-corrected chi connectivity index (χ3v) is 2.65. The average molecular weight is 177 g/mol. The third kappa shape index (κ3) is 2.70. The molecule has 0 aromatic carbocycles. The number of hydrogen-bond donors (Lipinski definition) is 1. The van der Waals surface area contributed by atoms with Gasteiger partial charge in [-0.05, 0) is 12.3 Å². The van der Waals surface area contributed by atoms with E-state index in [0.29, 0.717) is 12.3 Å². The molecule has 0 aromatic heterocycles. The molecule has 64 valence electrons. The van der Waals surface area contributed by atoms with Gasteiger partial charge >= 0.3 is 5.97 Å². The number of hydrogen-bond acceptors (Lipinski definition) is 1. The van der Waals surface area contributed by atoms with Crippen LogP contribution in [0.2, 0.25) is 0 Å². The van der Waals surface area contributed by atoms with Crippen molar-refractivity contribution >= 4 is 17.6 Å². The zero-order valence-corrected chi connectivity index (χ0v) is 7.18. The molecule has 0 radical (unpaired) electrons. The minimum atomic E-state index is -0.876. The molecule has 3 heteroatoms. The van der Waals surface area contributed by atoms with Crippen molar-refractivity contribution in [3.8, 4) is 0 Å². The molecule has 1 aliphatic rings. The van der Waals surface area contributed by atoms with E-state index in [1.807, 2.05) is 0 Å². The van der Waals surface area contributed by atoms with E-state index < -0.39 is 11.3 Å². The Kier molecular flexibility index (Phi) is 3.18. The molecule has 0 spiro atoms. The minimum Gasteiger partial charge on any atom is -0.480 e. The second kappa shape index (κ2) is 3.96. The van der Waals surface area contributed by atoms with Gasteiger partial charge in [0.05, 0.1) is 0 Å². The van der Waals surface area contributed by atoms with Crippen LogP contribution in [-0.4, -0.2) is 16.5 Å². The van der Waals surface area contributed by atoms with E-state index in [1.54, 1.807) is 0 Å². The maximum absolute atomic E-state index is 10.4. The van der Waals surface area contributed by atoms with Crippen LogP contribution < -0.4 is 0 Å². The summed E-state index contributed by atoms with van der Waals surface area (Å²) >= 11 is 5.60. The SMILES string of the molecule is O=C(O)[C@H](Cl)CC1CCCC1. The zero-order chi connectivity index (χ0) is 8.27. The first kappa shape index (κ1) is 8.85. The summed E-state index contributed by atoms with van der Waals surface area (Å²) in [4.78, 5) is 10.4. The van der Waals surface area contributed by atoms with Gasteiger partial charge in [-0.3, -0.25) is 4.79 Å². The molecule has 1 N–H and O–H groups in total. The van der Waals surface area contributed by atoms with Gasteiger partial charge in [-0.1, -0.05) is 25.7 Å². The molecule has 1 aliphatic carbocycles. The quantitative estimate of drug-likeness (QED) is 0.670. The van der Waals surface area contributed by atoms with Crippen molar-refractivity contribution in [1.82, 2.24) is 0 Å². The highest BCUT2D eigenvalue weighted by Gasteiger charge is 2.22. The minimum absolute atomic E-state index is 0.564. The van der Waals surface area contributed by atoms with E-state index >= 15 is 0 Å². The first-order valence-corrected chi connectivity index (χ1v) is 4.50. The van der Waals surface area contributed by atoms with Crippen LogP contribution in [0.25, 0.3) is 0 Å². The van der Waals surface area contributed by atoms with Crippen LogP contribution in [0.15, 0.2) is 0 Å². The van der Waals surface area contributed by atoms with Crippen molar-refractivity contribution in [2.45, 2.75) is 37.5 Å². The summed E-state index contributed by atoms with van der Waals surface area (Å²) in [7, 11) is 0. The largest absolute Gasteiger partial charge is 0.480 e. The lowest BCUT2D eigenvalue weighted by Crippen LogP contribution is -2.16. The van der Waals surface area contributed by atoms with Crippen molar-refractivity contribution in [3.63, 3.8) is 0 Å². The lowest BCUT2D eigenvalue weighted by molar-refractivity contribution is -0.136. The highest BCUT2D eigenvalue weighted by atomic mass is 35.5. The van der Waals surface area contributed by atoms with Gasteiger partial charge in [-0.15, -0.1) is 11.6 Å². The van der Waals surface area contributed by atoms with Gasteiger partial charge in [0.1, 0.15) is 5.38 Å². The predicted octanol–water partition coefficient (Wildman–Crippen LogP) is 2.26. The van der Waals surface area contributed by atoms with Crippen LogP contribution >= 0.6 is 11.6 Å². The summed E-state index contributed by atoms with van der Waals surface area (Å²) in [6.07, 6.45) is 5.46. The Morgan fingerprint density at radius 2 is 2.09 bits per heavy atom. The second-order valence-electron chi connectivity index (χ2n) is 3.19. The molecule has 11 heavy (non-hydrogen) atoms. The van der Waals surface area contributed by atoms with Crippen LogP contribution in [0.4, 0.5) is 0 Å². The molecular formula is C8H13ClO2. The van der Waals surface area contributed by atoms with E-state index in [4.69, 9.17) is 16.7 Å². The number of alkyl halides is 1. The van der Waals surface area contributed by atoms with Gasteiger partial charge < -0.3 is 5.11 Å². The van der Waals surface area contributed by atoms with E-state index in [-0.39, 0.29) is 0 Å². The molecule has 0 aliphatic heterocycles. The first-order valence-electron chi connectivity index (χ1n) is 4.07.